The third-order valence-electron chi connectivity index (χ3n) is 4.38. The van der Waals surface area contributed by atoms with Gasteiger partial charge in [-0.15, -0.1) is 0 Å². The molecule has 1 rings (SSSR count). The van der Waals surface area contributed by atoms with E-state index >= 15 is 0 Å². The molecule has 0 aromatic rings. The van der Waals surface area contributed by atoms with Gasteiger partial charge in [-0.25, -0.2) is 0 Å². The summed E-state index contributed by atoms with van der Waals surface area (Å²) in [6, 6.07) is 0. The van der Waals surface area contributed by atoms with E-state index in [-0.39, 0.29) is 12.6 Å². The molecule has 3 atom stereocenters. The highest BCUT2D eigenvalue weighted by molar-refractivity contribution is 5.69. The fraction of sp³-hybridized carbons (Fsp3) is 0.944. The molecule has 1 aliphatic heterocycles. The SMILES string of the molecule is CCCCCCCCCCCC(=O)OCC(O)C1OCC[C@H]1O. The lowest BCUT2D eigenvalue weighted by molar-refractivity contribution is -0.151. The first kappa shape index (κ1) is 20.4. The molecule has 23 heavy (non-hydrogen) atoms. The van der Waals surface area contributed by atoms with Crippen LogP contribution in [0.4, 0.5) is 0 Å². The van der Waals surface area contributed by atoms with Crippen LogP contribution in [0.1, 0.15) is 77.6 Å². The van der Waals surface area contributed by atoms with E-state index in [9.17, 15) is 15.0 Å². The molecule has 136 valence electrons. The third kappa shape index (κ3) is 9.28. The number of carbonyl (C=O) groups excluding carboxylic acids is 1. The Morgan fingerprint density at radius 3 is 2.30 bits per heavy atom. The van der Waals surface area contributed by atoms with Crippen LogP contribution in [0.2, 0.25) is 0 Å². The lowest BCUT2D eigenvalue weighted by atomic mass is 10.1. The average Bonchev–Trinajstić information content (AvgIpc) is 2.97. The van der Waals surface area contributed by atoms with Crippen molar-refractivity contribution in [2.75, 3.05) is 13.2 Å². The summed E-state index contributed by atoms with van der Waals surface area (Å²) in [5.74, 6) is -0.278. The zero-order chi connectivity index (χ0) is 16.9. The second-order valence-electron chi connectivity index (χ2n) is 6.52. The molecule has 0 amide bonds. The standard InChI is InChI=1S/C18H34O5/c1-2-3-4-5-6-7-8-9-10-11-17(21)23-14-16(20)18-15(19)12-13-22-18/h15-16,18-20H,2-14H2,1H3/t15-,16?,18?/m1/s1. The lowest BCUT2D eigenvalue weighted by Gasteiger charge is -2.20. The Morgan fingerprint density at radius 2 is 1.74 bits per heavy atom. The highest BCUT2D eigenvalue weighted by Gasteiger charge is 2.33. The van der Waals surface area contributed by atoms with Crippen molar-refractivity contribution in [1.29, 1.82) is 0 Å². The Bertz CT molecular complexity index is 308. The quantitative estimate of drug-likeness (QED) is 0.401. The molecule has 1 aliphatic rings. The van der Waals surface area contributed by atoms with Crippen LogP contribution in [0, 0.1) is 0 Å². The van der Waals surface area contributed by atoms with Crippen LogP contribution in [-0.4, -0.2) is 47.7 Å². The molecular formula is C18H34O5. The summed E-state index contributed by atoms with van der Waals surface area (Å²) in [4.78, 5) is 11.6. The van der Waals surface area contributed by atoms with Gasteiger partial charge in [0.2, 0.25) is 0 Å². The normalized spacial score (nSPS) is 22.2. The van der Waals surface area contributed by atoms with Crippen LogP contribution in [0.25, 0.3) is 0 Å². The lowest BCUT2D eigenvalue weighted by Crippen LogP contribution is -2.38. The van der Waals surface area contributed by atoms with Gasteiger partial charge in [-0.2, -0.15) is 0 Å². The summed E-state index contributed by atoms with van der Waals surface area (Å²) in [5.41, 5.74) is 0. The van der Waals surface area contributed by atoms with Gasteiger partial charge in [-0.3, -0.25) is 4.79 Å². The van der Waals surface area contributed by atoms with E-state index in [0.29, 0.717) is 19.4 Å². The Morgan fingerprint density at radius 1 is 1.13 bits per heavy atom. The highest BCUT2D eigenvalue weighted by Crippen LogP contribution is 2.17. The molecule has 0 saturated carbocycles. The number of ether oxygens (including phenoxy) is 2. The molecule has 0 spiro atoms. The van der Waals surface area contributed by atoms with Crippen LogP contribution in [0.3, 0.4) is 0 Å². The second kappa shape index (κ2) is 12.7. The summed E-state index contributed by atoms with van der Waals surface area (Å²) >= 11 is 0. The Hall–Kier alpha value is -0.650. The van der Waals surface area contributed by atoms with Crippen LogP contribution < -0.4 is 0 Å². The van der Waals surface area contributed by atoms with Crippen LogP contribution in [0.15, 0.2) is 0 Å². The maximum absolute atomic E-state index is 11.6. The minimum absolute atomic E-state index is 0.0992. The number of unbranched alkanes of at least 4 members (excludes halogenated alkanes) is 8. The van der Waals surface area contributed by atoms with E-state index in [1.54, 1.807) is 0 Å². The molecular weight excluding hydrogens is 296 g/mol. The summed E-state index contributed by atoms with van der Waals surface area (Å²) in [6.07, 6.45) is 9.55. The second-order valence-corrected chi connectivity index (χ2v) is 6.52. The largest absolute Gasteiger partial charge is 0.463 e. The van der Waals surface area contributed by atoms with Crippen molar-refractivity contribution < 1.29 is 24.5 Å². The predicted octanol–water partition coefficient (Wildman–Crippen LogP) is 2.96. The topological polar surface area (TPSA) is 76.0 Å². The summed E-state index contributed by atoms with van der Waals surface area (Å²) in [7, 11) is 0. The van der Waals surface area contributed by atoms with Crippen molar-refractivity contribution in [3.63, 3.8) is 0 Å². The van der Waals surface area contributed by atoms with Gasteiger partial charge in [0.25, 0.3) is 0 Å². The number of carbonyl (C=O) groups is 1. The van der Waals surface area contributed by atoms with E-state index in [4.69, 9.17) is 9.47 Å². The van der Waals surface area contributed by atoms with Gasteiger partial charge < -0.3 is 19.7 Å². The van der Waals surface area contributed by atoms with Crippen LogP contribution >= 0.6 is 0 Å². The van der Waals surface area contributed by atoms with Gasteiger partial charge in [0.05, 0.1) is 6.10 Å². The minimum Gasteiger partial charge on any atom is -0.463 e. The van der Waals surface area contributed by atoms with Gasteiger partial charge in [-0.1, -0.05) is 58.3 Å². The first-order valence-corrected chi connectivity index (χ1v) is 9.28. The molecule has 1 heterocycles. The number of aliphatic hydroxyl groups excluding tert-OH is 2. The number of esters is 1. The van der Waals surface area contributed by atoms with Gasteiger partial charge >= 0.3 is 5.97 Å². The molecule has 0 radical (unpaired) electrons. The molecule has 5 heteroatoms. The van der Waals surface area contributed by atoms with Gasteiger partial charge in [0, 0.05) is 13.0 Å². The van der Waals surface area contributed by atoms with E-state index in [0.717, 1.165) is 12.8 Å². The first-order chi connectivity index (χ1) is 11.1. The zero-order valence-corrected chi connectivity index (χ0v) is 14.5. The molecule has 0 aliphatic carbocycles. The minimum atomic E-state index is -0.945. The smallest absolute Gasteiger partial charge is 0.305 e. The summed E-state index contributed by atoms with van der Waals surface area (Å²) in [6.45, 7) is 2.56. The number of rotatable bonds is 13. The molecule has 5 nitrogen and oxygen atoms in total. The van der Waals surface area contributed by atoms with E-state index in [2.05, 4.69) is 6.92 Å². The van der Waals surface area contributed by atoms with Crippen molar-refractivity contribution >= 4 is 5.97 Å². The Kier molecular flexibility index (Phi) is 11.3. The molecule has 2 unspecified atom stereocenters. The highest BCUT2D eigenvalue weighted by atomic mass is 16.6. The fourth-order valence-electron chi connectivity index (χ4n) is 2.89. The Balaban J connectivity index is 1.92. The molecule has 0 aromatic carbocycles. The number of hydrogen-bond acceptors (Lipinski definition) is 5. The summed E-state index contributed by atoms with van der Waals surface area (Å²) in [5, 5.41) is 19.4. The Labute approximate surface area is 140 Å². The molecule has 1 saturated heterocycles. The van der Waals surface area contributed by atoms with Gasteiger partial charge in [-0.05, 0) is 12.8 Å². The maximum Gasteiger partial charge on any atom is 0.305 e. The number of aliphatic hydroxyl groups is 2. The van der Waals surface area contributed by atoms with Crippen molar-refractivity contribution in [2.24, 2.45) is 0 Å². The van der Waals surface area contributed by atoms with E-state index < -0.39 is 18.3 Å². The molecule has 0 bridgehead atoms. The van der Waals surface area contributed by atoms with Crippen LogP contribution in [0.5, 0.6) is 0 Å². The van der Waals surface area contributed by atoms with Crippen molar-refractivity contribution in [3.05, 3.63) is 0 Å². The average molecular weight is 330 g/mol. The molecule has 1 fully saturated rings. The first-order valence-electron chi connectivity index (χ1n) is 9.28. The number of hydrogen-bond donors (Lipinski definition) is 2. The van der Waals surface area contributed by atoms with Crippen molar-refractivity contribution in [2.45, 2.75) is 95.9 Å². The van der Waals surface area contributed by atoms with E-state index in [1.165, 1.54) is 44.9 Å². The predicted molar refractivity (Wildman–Crippen MR) is 89.2 cm³/mol. The fourth-order valence-corrected chi connectivity index (χ4v) is 2.89. The van der Waals surface area contributed by atoms with E-state index in [1.807, 2.05) is 0 Å². The van der Waals surface area contributed by atoms with Crippen molar-refractivity contribution in [1.82, 2.24) is 0 Å². The maximum atomic E-state index is 11.6. The van der Waals surface area contributed by atoms with Gasteiger partial charge in [0.1, 0.15) is 18.8 Å². The van der Waals surface area contributed by atoms with Crippen LogP contribution in [-0.2, 0) is 14.3 Å². The summed E-state index contributed by atoms with van der Waals surface area (Å²) < 4.78 is 10.3. The molecule has 0 aromatic heterocycles. The monoisotopic (exact) mass is 330 g/mol. The third-order valence-corrected chi connectivity index (χ3v) is 4.38. The van der Waals surface area contributed by atoms with Gasteiger partial charge in [0.15, 0.2) is 0 Å². The molecule has 2 N–H and O–H groups in total. The van der Waals surface area contributed by atoms with Crippen molar-refractivity contribution in [3.8, 4) is 0 Å². The zero-order valence-electron chi connectivity index (χ0n) is 14.5.